The second kappa shape index (κ2) is 5.10. The average molecular weight is 306 g/mol. The Balaban J connectivity index is 2.12. The average Bonchev–Trinajstić information content (AvgIpc) is 2.79. The van der Waals surface area contributed by atoms with Crippen molar-refractivity contribution in [3.05, 3.63) is 28.2 Å². The lowest BCUT2D eigenvalue weighted by Crippen LogP contribution is -2.23. The second-order valence-corrected chi connectivity index (χ2v) is 4.66. The molecule has 1 aromatic rings. The van der Waals surface area contributed by atoms with Gasteiger partial charge in [-0.25, -0.2) is 8.78 Å². The number of ether oxygens (including phenoxy) is 1. The number of halogens is 3. The summed E-state index contributed by atoms with van der Waals surface area (Å²) in [7, 11) is 0. The van der Waals surface area contributed by atoms with E-state index in [1.54, 1.807) is 0 Å². The molecule has 92 valence electrons. The van der Waals surface area contributed by atoms with Crippen LogP contribution in [0.15, 0.2) is 16.6 Å². The number of rotatable bonds is 2. The lowest BCUT2D eigenvalue weighted by atomic mass is 10.1. The number of carbonyl (C=O) groups is 1. The second-order valence-electron chi connectivity index (χ2n) is 3.81. The minimum absolute atomic E-state index is 0.00247. The SMILES string of the molecule is O=C(Oc1cc(F)c(Br)cc1F)C1CCNC1. The van der Waals surface area contributed by atoms with Gasteiger partial charge in [-0.3, -0.25) is 4.79 Å². The van der Waals surface area contributed by atoms with Crippen molar-refractivity contribution >= 4 is 21.9 Å². The summed E-state index contributed by atoms with van der Waals surface area (Å²) < 4.78 is 31.4. The van der Waals surface area contributed by atoms with Crippen molar-refractivity contribution in [1.82, 2.24) is 5.32 Å². The van der Waals surface area contributed by atoms with Gasteiger partial charge in [0, 0.05) is 12.6 Å². The molecule has 0 saturated carbocycles. The standard InChI is InChI=1S/C11H10BrF2NO2/c12-7-3-9(14)10(4-8(7)13)17-11(16)6-1-2-15-5-6/h3-4,6,15H,1-2,5H2. The first kappa shape index (κ1) is 12.4. The summed E-state index contributed by atoms with van der Waals surface area (Å²) in [6.45, 7) is 1.25. The van der Waals surface area contributed by atoms with Crippen molar-refractivity contribution in [2.75, 3.05) is 13.1 Å². The molecule has 2 rings (SSSR count). The van der Waals surface area contributed by atoms with Crippen LogP contribution in [0.4, 0.5) is 8.78 Å². The maximum Gasteiger partial charge on any atom is 0.315 e. The van der Waals surface area contributed by atoms with Crippen LogP contribution in [0.25, 0.3) is 0 Å². The van der Waals surface area contributed by atoms with E-state index in [9.17, 15) is 13.6 Å². The van der Waals surface area contributed by atoms with E-state index < -0.39 is 17.6 Å². The summed E-state index contributed by atoms with van der Waals surface area (Å²) >= 11 is 2.85. The summed E-state index contributed by atoms with van der Waals surface area (Å²) in [5, 5.41) is 3.00. The third kappa shape index (κ3) is 2.81. The molecular weight excluding hydrogens is 296 g/mol. The van der Waals surface area contributed by atoms with Gasteiger partial charge < -0.3 is 10.1 Å². The highest BCUT2D eigenvalue weighted by atomic mass is 79.9. The van der Waals surface area contributed by atoms with E-state index >= 15 is 0 Å². The number of hydrogen-bond donors (Lipinski definition) is 1. The summed E-state index contributed by atoms with van der Waals surface area (Å²) in [4.78, 5) is 11.6. The van der Waals surface area contributed by atoms with Crippen LogP contribution in [0, 0.1) is 17.6 Å². The first-order valence-corrected chi connectivity index (χ1v) is 5.94. The van der Waals surface area contributed by atoms with Gasteiger partial charge >= 0.3 is 5.97 Å². The number of hydrogen-bond acceptors (Lipinski definition) is 3. The van der Waals surface area contributed by atoms with E-state index in [1.165, 1.54) is 0 Å². The highest BCUT2D eigenvalue weighted by Crippen LogP contribution is 2.26. The maximum absolute atomic E-state index is 13.4. The fourth-order valence-electron chi connectivity index (χ4n) is 1.63. The van der Waals surface area contributed by atoms with Gasteiger partial charge in [0.1, 0.15) is 5.82 Å². The molecule has 1 heterocycles. The van der Waals surface area contributed by atoms with Gasteiger partial charge in [0.2, 0.25) is 0 Å². The minimum Gasteiger partial charge on any atom is -0.423 e. The molecule has 6 heteroatoms. The number of carbonyl (C=O) groups excluding carboxylic acids is 1. The van der Waals surface area contributed by atoms with Crippen LogP contribution in [0.1, 0.15) is 6.42 Å². The van der Waals surface area contributed by atoms with Crippen LogP contribution >= 0.6 is 15.9 Å². The third-order valence-electron chi connectivity index (χ3n) is 2.58. The van der Waals surface area contributed by atoms with E-state index in [2.05, 4.69) is 21.2 Å². The molecule has 0 spiro atoms. The molecule has 0 bridgehead atoms. The quantitative estimate of drug-likeness (QED) is 0.517. The molecule has 1 fully saturated rings. The summed E-state index contributed by atoms with van der Waals surface area (Å²) in [6.07, 6.45) is 0.652. The molecule has 1 aromatic carbocycles. The number of benzene rings is 1. The molecule has 0 amide bonds. The Kier molecular flexibility index (Phi) is 3.73. The summed E-state index contributed by atoms with van der Waals surface area (Å²) in [5.41, 5.74) is 0. The molecule has 0 radical (unpaired) electrons. The number of nitrogens with one attached hydrogen (secondary N) is 1. The largest absolute Gasteiger partial charge is 0.423 e. The topological polar surface area (TPSA) is 38.3 Å². The predicted octanol–water partition coefficient (Wildman–Crippen LogP) is 2.24. The molecule has 17 heavy (non-hydrogen) atoms. The Labute approximate surface area is 105 Å². The van der Waals surface area contributed by atoms with Crippen LogP contribution in [0.2, 0.25) is 0 Å². The van der Waals surface area contributed by atoms with Gasteiger partial charge in [-0.05, 0) is 35.0 Å². The Morgan fingerprint density at radius 3 is 2.82 bits per heavy atom. The van der Waals surface area contributed by atoms with Crippen molar-refractivity contribution in [3.8, 4) is 5.75 Å². The lowest BCUT2D eigenvalue weighted by Gasteiger charge is -2.09. The van der Waals surface area contributed by atoms with E-state index in [4.69, 9.17) is 4.74 Å². The maximum atomic E-state index is 13.4. The molecule has 1 unspecified atom stereocenters. The van der Waals surface area contributed by atoms with Crippen molar-refractivity contribution in [2.45, 2.75) is 6.42 Å². The summed E-state index contributed by atoms with van der Waals surface area (Å²) in [6, 6.07) is 1.80. The zero-order valence-corrected chi connectivity index (χ0v) is 10.4. The van der Waals surface area contributed by atoms with Crippen LogP contribution in [-0.4, -0.2) is 19.1 Å². The molecule has 3 nitrogen and oxygen atoms in total. The third-order valence-corrected chi connectivity index (χ3v) is 3.19. The molecular formula is C11H10BrF2NO2. The van der Waals surface area contributed by atoms with E-state index in [-0.39, 0.29) is 16.1 Å². The first-order valence-electron chi connectivity index (χ1n) is 5.15. The molecule has 0 aromatic heterocycles. The highest BCUT2D eigenvalue weighted by Gasteiger charge is 2.25. The Bertz CT molecular complexity index is 447. The fraction of sp³-hybridized carbons (Fsp3) is 0.364. The summed E-state index contributed by atoms with van der Waals surface area (Å²) in [5.74, 6) is -2.63. The first-order chi connectivity index (χ1) is 8.08. The highest BCUT2D eigenvalue weighted by molar-refractivity contribution is 9.10. The molecule has 1 atom stereocenters. The van der Waals surface area contributed by atoms with Gasteiger partial charge in [-0.2, -0.15) is 0 Å². The Morgan fingerprint density at radius 2 is 2.18 bits per heavy atom. The van der Waals surface area contributed by atoms with Gasteiger partial charge in [-0.1, -0.05) is 0 Å². The van der Waals surface area contributed by atoms with Crippen LogP contribution < -0.4 is 10.1 Å². The minimum atomic E-state index is -0.766. The lowest BCUT2D eigenvalue weighted by molar-refractivity contribution is -0.138. The van der Waals surface area contributed by atoms with Crippen molar-refractivity contribution in [3.63, 3.8) is 0 Å². The van der Waals surface area contributed by atoms with E-state index in [1.807, 2.05) is 0 Å². The monoisotopic (exact) mass is 305 g/mol. The Morgan fingerprint density at radius 1 is 1.41 bits per heavy atom. The molecule has 1 N–H and O–H groups in total. The zero-order chi connectivity index (χ0) is 12.4. The fourth-order valence-corrected chi connectivity index (χ4v) is 1.95. The van der Waals surface area contributed by atoms with Gasteiger partial charge in [0.05, 0.1) is 10.4 Å². The normalized spacial score (nSPS) is 19.4. The number of esters is 1. The molecule has 0 aliphatic carbocycles. The zero-order valence-electron chi connectivity index (χ0n) is 8.80. The molecule has 1 aliphatic rings. The molecule has 1 saturated heterocycles. The van der Waals surface area contributed by atoms with E-state index in [0.29, 0.717) is 13.0 Å². The van der Waals surface area contributed by atoms with Gasteiger partial charge in [0.15, 0.2) is 11.6 Å². The van der Waals surface area contributed by atoms with Crippen LogP contribution in [0.5, 0.6) is 5.75 Å². The van der Waals surface area contributed by atoms with Crippen molar-refractivity contribution < 1.29 is 18.3 Å². The molecule has 1 aliphatic heterocycles. The van der Waals surface area contributed by atoms with Crippen molar-refractivity contribution in [2.24, 2.45) is 5.92 Å². The van der Waals surface area contributed by atoms with Gasteiger partial charge in [-0.15, -0.1) is 0 Å². The van der Waals surface area contributed by atoms with Gasteiger partial charge in [0.25, 0.3) is 0 Å². The Hall–Kier alpha value is -1.01. The predicted molar refractivity (Wildman–Crippen MR) is 60.7 cm³/mol. The van der Waals surface area contributed by atoms with E-state index in [0.717, 1.165) is 18.7 Å². The van der Waals surface area contributed by atoms with Crippen LogP contribution in [0.3, 0.4) is 0 Å². The van der Waals surface area contributed by atoms with Crippen molar-refractivity contribution in [1.29, 1.82) is 0 Å². The van der Waals surface area contributed by atoms with Crippen LogP contribution in [-0.2, 0) is 4.79 Å². The smallest absolute Gasteiger partial charge is 0.315 e.